The smallest absolute Gasteiger partial charge is 0.119 e. The predicted molar refractivity (Wildman–Crippen MR) is 87.2 cm³/mol. The fourth-order valence-corrected chi connectivity index (χ4v) is 2.75. The van der Waals surface area contributed by atoms with Gasteiger partial charge in [0.15, 0.2) is 0 Å². The summed E-state index contributed by atoms with van der Waals surface area (Å²) in [5, 5.41) is 6.60. The third kappa shape index (κ3) is 5.12. The summed E-state index contributed by atoms with van der Waals surface area (Å²) in [4.78, 5) is 4.68. The average Bonchev–Trinajstić information content (AvgIpc) is 2.97. The van der Waals surface area contributed by atoms with E-state index >= 15 is 0 Å². The first-order valence-electron chi connectivity index (χ1n) is 7.20. The number of thiazole rings is 1. The molecular weight excluding hydrogens is 284 g/mol. The van der Waals surface area contributed by atoms with E-state index in [0.717, 1.165) is 48.1 Å². The van der Waals surface area contributed by atoms with E-state index in [4.69, 9.17) is 9.47 Å². The van der Waals surface area contributed by atoms with Gasteiger partial charge in [-0.1, -0.05) is 0 Å². The Morgan fingerprint density at radius 1 is 1.19 bits per heavy atom. The molecule has 2 rings (SSSR count). The molecule has 2 aromatic rings. The van der Waals surface area contributed by atoms with E-state index in [1.807, 2.05) is 19.1 Å². The van der Waals surface area contributed by atoms with Crippen LogP contribution in [0.4, 0.5) is 0 Å². The van der Waals surface area contributed by atoms with Crippen LogP contribution in [0.2, 0.25) is 0 Å². The summed E-state index contributed by atoms with van der Waals surface area (Å²) in [5.74, 6) is 0.902. The van der Waals surface area contributed by atoms with Gasteiger partial charge in [-0.05, 0) is 31.2 Å². The van der Waals surface area contributed by atoms with Crippen LogP contribution in [0.3, 0.4) is 0 Å². The molecule has 5 heteroatoms. The molecule has 0 atom stereocenters. The van der Waals surface area contributed by atoms with Gasteiger partial charge in [0.05, 0.1) is 23.9 Å². The molecule has 1 heterocycles. The maximum Gasteiger partial charge on any atom is 0.119 e. The molecule has 4 nitrogen and oxygen atoms in total. The number of hydrogen-bond donors (Lipinski definition) is 1. The zero-order chi connectivity index (χ0) is 14.9. The van der Waals surface area contributed by atoms with Gasteiger partial charge in [0.2, 0.25) is 0 Å². The van der Waals surface area contributed by atoms with Gasteiger partial charge in [-0.2, -0.15) is 0 Å². The van der Waals surface area contributed by atoms with E-state index in [1.165, 1.54) is 0 Å². The molecule has 114 valence electrons. The summed E-state index contributed by atoms with van der Waals surface area (Å²) in [5.41, 5.74) is 2.17. The molecule has 0 aliphatic heterocycles. The molecule has 0 bridgehead atoms. The number of hydrogen-bond acceptors (Lipinski definition) is 5. The highest BCUT2D eigenvalue weighted by Crippen LogP contribution is 2.24. The molecule has 0 radical (unpaired) electrons. The molecule has 0 saturated carbocycles. The lowest BCUT2D eigenvalue weighted by Gasteiger charge is -2.03. The van der Waals surface area contributed by atoms with Gasteiger partial charge >= 0.3 is 0 Å². The quantitative estimate of drug-likeness (QED) is 0.723. The van der Waals surface area contributed by atoms with Crippen molar-refractivity contribution in [3.63, 3.8) is 0 Å². The fraction of sp³-hybridized carbons (Fsp3) is 0.438. The van der Waals surface area contributed by atoms with Crippen LogP contribution in [0, 0.1) is 0 Å². The van der Waals surface area contributed by atoms with Crippen LogP contribution < -0.4 is 10.1 Å². The highest BCUT2D eigenvalue weighted by Gasteiger charge is 2.05. The number of nitrogens with zero attached hydrogens (tertiary/aromatic N) is 1. The first-order chi connectivity index (χ1) is 10.3. The van der Waals surface area contributed by atoms with Gasteiger partial charge in [-0.15, -0.1) is 11.3 Å². The Hall–Kier alpha value is -1.43. The van der Waals surface area contributed by atoms with Gasteiger partial charge < -0.3 is 14.8 Å². The van der Waals surface area contributed by atoms with Gasteiger partial charge in [0.25, 0.3) is 0 Å². The number of nitrogens with one attached hydrogen (secondary N) is 1. The number of aromatic nitrogens is 1. The Morgan fingerprint density at radius 2 is 2.00 bits per heavy atom. The molecule has 0 unspecified atom stereocenters. The Bertz CT molecular complexity index is 525. The normalized spacial score (nSPS) is 10.8. The van der Waals surface area contributed by atoms with Crippen LogP contribution in [-0.2, 0) is 11.2 Å². The number of rotatable bonds is 9. The molecule has 0 amide bonds. The average molecular weight is 306 g/mol. The van der Waals surface area contributed by atoms with Crippen molar-refractivity contribution in [3.8, 4) is 17.0 Å². The molecule has 0 aliphatic rings. The molecule has 21 heavy (non-hydrogen) atoms. The van der Waals surface area contributed by atoms with E-state index < -0.39 is 0 Å². The van der Waals surface area contributed by atoms with Crippen LogP contribution >= 0.6 is 11.3 Å². The van der Waals surface area contributed by atoms with Gasteiger partial charge in [-0.25, -0.2) is 4.98 Å². The van der Waals surface area contributed by atoms with Crippen molar-refractivity contribution in [2.24, 2.45) is 0 Å². The highest BCUT2D eigenvalue weighted by molar-refractivity contribution is 7.09. The molecule has 1 aromatic heterocycles. The van der Waals surface area contributed by atoms with Crippen molar-refractivity contribution in [2.45, 2.75) is 13.3 Å². The third-order valence-corrected chi connectivity index (χ3v) is 3.92. The highest BCUT2D eigenvalue weighted by atomic mass is 32.1. The topological polar surface area (TPSA) is 43.4 Å². The Kier molecular flexibility index (Phi) is 6.66. The maximum atomic E-state index is 5.45. The summed E-state index contributed by atoms with van der Waals surface area (Å²) in [6.45, 7) is 5.24. The fourth-order valence-electron chi connectivity index (χ4n) is 1.94. The van der Waals surface area contributed by atoms with Gasteiger partial charge in [0.1, 0.15) is 5.75 Å². The van der Waals surface area contributed by atoms with Crippen molar-refractivity contribution in [2.75, 3.05) is 33.4 Å². The predicted octanol–water partition coefficient (Wildman–Crippen LogP) is 2.99. The summed E-state index contributed by atoms with van der Waals surface area (Å²) in [6.07, 6.45) is 0.950. The van der Waals surface area contributed by atoms with Gasteiger partial charge in [0, 0.05) is 37.6 Å². The van der Waals surface area contributed by atoms with Crippen molar-refractivity contribution in [1.82, 2.24) is 10.3 Å². The lowest BCUT2D eigenvalue weighted by molar-refractivity contribution is 0.199. The minimum Gasteiger partial charge on any atom is -0.494 e. The van der Waals surface area contributed by atoms with Crippen molar-refractivity contribution >= 4 is 11.3 Å². The van der Waals surface area contributed by atoms with E-state index in [0.29, 0.717) is 6.61 Å². The molecule has 1 aromatic carbocycles. The van der Waals surface area contributed by atoms with E-state index in [9.17, 15) is 0 Å². The van der Waals surface area contributed by atoms with E-state index in [-0.39, 0.29) is 0 Å². The second kappa shape index (κ2) is 8.77. The minimum atomic E-state index is 0.691. The molecule has 0 saturated heterocycles. The second-order valence-electron chi connectivity index (χ2n) is 4.58. The lowest BCUT2D eigenvalue weighted by Crippen LogP contribution is -2.21. The van der Waals surface area contributed by atoms with E-state index in [1.54, 1.807) is 18.4 Å². The first kappa shape index (κ1) is 15.9. The molecule has 0 spiro atoms. The number of methoxy groups -OCH3 is 1. The summed E-state index contributed by atoms with van der Waals surface area (Å²) < 4.78 is 10.4. The number of benzene rings is 1. The summed E-state index contributed by atoms with van der Waals surface area (Å²) in [7, 11) is 1.71. The molecule has 1 N–H and O–H groups in total. The lowest BCUT2D eigenvalue weighted by atomic mass is 10.2. The second-order valence-corrected chi connectivity index (χ2v) is 5.52. The maximum absolute atomic E-state index is 5.45. The van der Waals surface area contributed by atoms with Crippen LogP contribution in [0.5, 0.6) is 5.75 Å². The van der Waals surface area contributed by atoms with E-state index in [2.05, 4.69) is 27.8 Å². The first-order valence-corrected chi connectivity index (χ1v) is 8.08. The zero-order valence-electron chi connectivity index (χ0n) is 12.6. The Labute approximate surface area is 130 Å². The molecule has 0 aliphatic carbocycles. The van der Waals surface area contributed by atoms with Crippen LogP contribution in [-0.4, -0.2) is 38.4 Å². The molecular formula is C16H22N2O2S. The SMILES string of the molecule is CCOc1ccc(-c2csc(CCNCCOC)n2)cc1. The Morgan fingerprint density at radius 3 is 2.71 bits per heavy atom. The molecule has 0 fully saturated rings. The van der Waals surface area contributed by atoms with Crippen LogP contribution in [0.1, 0.15) is 11.9 Å². The van der Waals surface area contributed by atoms with Crippen molar-refractivity contribution in [1.29, 1.82) is 0 Å². The largest absolute Gasteiger partial charge is 0.494 e. The van der Waals surface area contributed by atoms with Gasteiger partial charge in [-0.3, -0.25) is 0 Å². The van der Waals surface area contributed by atoms with Crippen LogP contribution in [0.15, 0.2) is 29.6 Å². The minimum absolute atomic E-state index is 0.691. The Balaban J connectivity index is 1.87. The van der Waals surface area contributed by atoms with Crippen molar-refractivity contribution < 1.29 is 9.47 Å². The number of ether oxygens (including phenoxy) is 2. The summed E-state index contributed by atoms with van der Waals surface area (Å²) >= 11 is 1.71. The standard InChI is InChI=1S/C16H22N2O2S/c1-3-20-14-6-4-13(5-7-14)15-12-21-16(18-15)8-9-17-10-11-19-2/h4-7,12,17H,3,8-11H2,1-2H3. The zero-order valence-corrected chi connectivity index (χ0v) is 13.4. The van der Waals surface area contributed by atoms with Crippen molar-refractivity contribution in [3.05, 3.63) is 34.7 Å². The monoisotopic (exact) mass is 306 g/mol. The third-order valence-electron chi connectivity index (χ3n) is 3.01. The summed E-state index contributed by atoms with van der Waals surface area (Å²) in [6, 6.07) is 8.09. The van der Waals surface area contributed by atoms with Crippen LogP contribution in [0.25, 0.3) is 11.3 Å².